The summed E-state index contributed by atoms with van der Waals surface area (Å²) in [4.78, 5) is 0.373. The van der Waals surface area contributed by atoms with Crippen LogP contribution in [0.1, 0.15) is 26.2 Å². The van der Waals surface area contributed by atoms with Crippen LogP contribution in [-0.4, -0.2) is 21.2 Å². The van der Waals surface area contributed by atoms with Crippen molar-refractivity contribution in [1.82, 2.24) is 0 Å². The van der Waals surface area contributed by atoms with Gasteiger partial charge in [-0.05, 0) is 42.5 Å². The van der Waals surface area contributed by atoms with E-state index in [2.05, 4.69) is 12.2 Å². The first kappa shape index (κ1) is 12.4. The predicted molar refractivity (Wildman–Crippen MR) is 70.0 cm³/mol. The summed E-state index contributed by atoms with van der Waals surface area (Å²) in [6.07, 6.45) is 5.11. The van der Waals surface area contributed by atoms with Gasteiger partial charge in [0.05, 0.1) is 4.90 Å². The maximum Gasteiger partial charge on any atom is 0.175 e. The lowest BCUT2D eigenvalue weighted by molar-refractivity contribution is 0.180. The largest absolute Gasteiger partial charge is 0.384 e. The molecule has 1 aromatic rings. The number of benzene rings is 1. The summed E-state index contributed by atoms with van der Waals surface area (Å²) in [5.41, 5.74) is 1.42. The highest BCUT2D eigenvalue weighted by Gasteiger charge is 2.31. The highest BCUT2D eigenvalue weighted by atomic mass is 32.2. The van der Waals surface area contributed by atoms with Crippen LogP contribution in [0.15, 0.2) is 29.2 Å². The van der Waals surface area contributed by atoms with Crippen molar-refractivity contribution in [3.63, 3.8) is 0 Å². The van der Waals surface area contributed by atoms with Crippen molar-refractivity contribution in [2.24, 2.45) is 5.41 Å². The third kappa shape index (κ3) is 3.00. The fourth-order valence-corrected chi connectivity index (χ4v) is 2.72. The van der Waals surface area contributed by atoms with E-state index in [1.54, 1.807) is 12.1 Å². The van der Waals surface area contributed by atoms with Crippen LogP contribution >= 0.6 is 0 Å². The van der Waals surface area contributed by atoms with Gasteiger partial charge in [-0.15, -0.1) is 0 Å². The van der Waals surface area contributed by atoms with E-state index < -0.39 is 9.84 Å². The maximum atomic E-state index is 11.3. The minimum Gasteiger partial charge on any atom is -0.384 e. The van der Waals surface area contributed by atoms with Crippen LogP contribution in [0, 0.1) is 5.41 Å². The zero-order chi connectivity index (χ0) is 12.5. The van der Waals surface area contributed by atoms with Crippen molar-refractivity contribution in [3.8, 4) is 0 Å². The predicted octanol–water partition coefficient (Wildman–Crippen LogP) is 2.69. The number of sulfone groups is 1. The Kier molecular flexibility index (Phi) is 3.17. The summed E-state index contributed by atoms with van der Waals surface area (Å²) in [7, 11) is -3.08. The van der Waals surface area contributed by atoms with Gasteiger partial charge in [-0.25, -0.2) is 8.42 Å². The second-order valence-corrected chi connectivity index (χ2v) is 7.33. The number of rotatable bonds is 4. The van der Waals surface area contributed by atoms with Crippen LogP contribution in [-0.2, 0) is 9.84 Å². The van der Waals surface area contributed by atoms with E-state index in [0.717, 1.165) is 12.2 Å². The van der Waals surface area contributed by atoms with E-state index in [1.807, 2.05) is 12.1 Å². The third-order valence-electron chi connectivity index (χ3n) is 3.56. The Morgan fingerprint density at radius 3 is 2.24 bits per heavy atom. The van der Waals surface area contributed by atoms with Gasteiger partial charge in [0.1, 0.15) is 0 Å². The quantitative estimate of drug-likeness (QED) is 0.897. The van der Waals surface area contributed by atoms with Gasteiger partial charge >= 0.3 is 0 Å². The Labute approximate surface area is 103 Å². The molecule has 0 unspecified atom stereocenters. The van der Waals surface area contributed by atoms with Crippen molar-refractivity contribution in [1.29, 1.82) is 0 Å². The van der Waals surface area contributed by atoms with Crippen LogP contribution in [0.3, 0.4) is 0 Å². The lowest BCUT2D eigenvalue weighted by Crippen LogP contribution is -2.33. The van der Waals surface area contributed by atoms with E-state index in [9.17, 15) is 8.42 Å². The van der Waals surface area contributed by atoms with Gasteiger partial charge in [-0.2, -0.15) is 0 Å². The molecule has 2 rings (SSSR count). The van der Waals surface area contributed by atoms with E-state index in [-0.39, 0.29) is 0 Å². The zero-order valence-corrected chi connectivity index (χ0v) is 11.2. The highest BCUT2D eigenvalue weighted by molar-refractivity contribution is 7.90. The Balaban J connectivity index is 1.99. The van der Waals surface area contributed by atoms with Crippen molar-refractivity contribution in [2.75, 3.05) is 18.1 Å². The molecule has 0 spiro atoms. The molecule has 1 saturated carbocycles. The first-order valence-corrected chi connectivity index (χ1v) is 7.82. The van der Waals surface area contributed by atoms with Crippen molar-refractivity contribution < 1.29 is 8.42 Å². The summed E-state index contributed by atoms with van der Waals surface area (Å²) in [6.45, 7) is 3.25. The molecule has 0 radical (unpaired) electrons. The molecule has 0 aliphatic heterocycles. The van der Waals surface area contributed by atoms with E-state index in [4.69, 9.17) is 0 Å². The van der Waals surface area contributed by atoms with Gasteiger partial charge in [0.15, 0.2) is 9.84 Å². The van der Waals surface area contributed by atoms with Crippen LogP contribution < -0.4 is 5.32 Å². The number of hydrogen-bond acceptors (Lipinski definition) is 3. The molecule has 94 valence electrons. The van der Waals surface area contributed by atoms with Crippen molar-refractivity contribution >= 4 is 15.5 Å². The Bertz CT molecular complexity index is 487. The van der Waals surface area contributed by atoms with Gasteiger partial charge in [0, 0.05) is 18.5 Å². The molecule has 1 aliphatic carbocycles. The molecule has 0 heterocycles. The molecule has 1 N–H and O–H groups in total. The van der Waals surface area contributed by atoms with E-state index in [0.29, 0.717) is 10.3 Å². The fourth-order valence-electron chi connectivity index (χ4n) is 2.09. The van der Waals surface area contributed by atoms with Gasteiger partial charge in [0.25, 0.3) is 0 Å². The monoisotopic (exact) mass is 253 g/mol. The molecule has 0 aromatic heterocycles. The van der Waals surface area contributed by atoms with Crippen LogP contribution in [0.5, 0.6) is 0 Å². The SMILES string of the molecule is CC1(CNc2ccc(S(C)(=O)=O)cc2)CCC1. The Morgan fingerprint density at radius 1 is 1.24 bits per heavy atom. The second-order valence-electron chi connectivity index (χ2n) is 5.31. The minimum absolute atomic E-state index is 0.373. The minimum atomic E-state index is -3.08. The standard InChI is InChI=1S/C13H19NO2S/c1-13(8-3-9-13)10-14-11-4-6-12(7-5-11)17(2,15)16/h4-7,14H,3,8-10H2,1-2H3. The summed E-state index contributed by atoms with van der Waals surface area (Å²) in [6, 6.07) is 6.97. The normalized spacial score (nSPS) is 18.5. The zero-order valence-electron chi connectivity index (χ0n) is 10.4. The van der Waals surface area contributed by atoms with Gasteiger partial charge in [0.2, 0.25) is 0 Å². The molecule has 0 amide bonds. The summed E-state index contributed by atoms with van der Waals surface area (Å²) >= 11 is 0. The van der Waals surface area contributed by atoms with Crippen LogP contribution in [0.4, 0.5) is 5.69 Å². The molecular formula is C13H19NO2S. The molecule has 0 saturated heterocycles. The second kappa shape index (κ2) is 4.33. The number of anilines is 1. The van der Waals surface area contributed by atoms with E-state index >= 15 is 0 Å². The highest BCUT2D eigenvalue weighted by Crippen LogP contribution is 2.40. The average molecular weight is 253 g/mol. The molecule has 0 atom stereocenters. The van der Waals surface area contributed by atoms with Gasteiger partial charge in [-0.1, -0.05) is 13.3 Å². The molecule has 1 aliphatic rings. The van der Waals surface area contributed by atoms with Crippen molar-refractivity contribution in [2.45, 2.75) is 31.1 Å². The smallest absolute Gasteiger partial charge is 0.175 e. The Morgan fingerprint density at radius 2 is 1.82 bits per heavy atom. The average Bonchev–Trinajstić information content (AvgIpc) is 2.23. The summed E-state index contributed by atoms with van der Waals surface area (Å²) < 4.78 is 22.6. The molecular weight excluding hydrogens is 234 g/mol. The van der Waals surface area contributed by atoms with Gasteiger partial charge in [-0.3, -0.25) is 0 Å². The lowest BCUT2D eigenvalue weighted by atomic mass is 9.70. The Hall–Kier alpha value is -1.03. The van der Waals surface area contributed by atoms with Crippen molar-refractivity contribution in [3.05, 3.63) is 24.3 Å². The number of hydrogen-bond donors (Lipinski definition) is 1. The van der Waals surface area contributed by atoms with E-state index in [1.165, 1.54) is 25.5 Å². The first-order valence-electron chi connectivity index (χ1n) is 5.93. The van der Waals surface area contributed by atoms with Crippen LogP contribution in [0.2, 0.25) is 0 Å². The molecule has 17 heavy (non-hydrogen) atoms. The lowest BCUT2D eigenvalue weighted by Gasteiger charge is -2.38. The molecule has 0 bridgehead atoms. The molecule has 1 fully saturated rings. The third-order valence-corrected chi connectivity index (χ3v) is 4.69. The van der Waals surface area contributed by atoms with Crippen LogP contribution in [0.25, 0.3) is 0 Å². The van der Waals surface area contributed by atoms with Gasteiger partial charge < -0.3 is 5.32 Å². The fraction of sp³-hybridized carbons (Fsp3) is 0.538. The summed E-state index contributed by atoms with van der Waals surface area (Å²) in [5, 5.41) is 3.37. The molecule has 4 heteroatoms. The molecule has 1 aromatic carbocycles. The first-order chi connectivity index (χ1) is 7.89. The molecule has 3 nitrogen and oxygen atoms in total. The topological polar surface area (TPSA) is 46.2 Å². The number of nitrogens with one attached hydrogen (secondary N) is 1. The summed E-state index contributed by atoms with van der Waals surface area (Å²) in [5.74, 6) is 0. The maximum absolute atomic E-state index is 11.3.